The van der Waals surface area contributed by atoms with Crippen molar-refractivity contribution < 1.29 is 9.72 Å². The fourth-order valence-electron chi connectivity index (χ4n) is 1.81. The van der Waals surface area contributed by atoms with Gasteiger partial charge in [0.25, 0.3) is 11.6 Å². The Hall–Kier alpha value is -3.22. The molecule has 2 rings (SSSR count). The normalized spacial score (nSPS) is 11.0. The molecule has 0 bridgehead atoms. The molecule has 0 aliphatic rings. The number of hydrazone groups is 1. The van der Waals surface area contributed by atoms with Crippen LogP contribution in [0.3, 0.4) is 0 Å². The van der Waals surface area contributed by atoms with Gasteiger partial charge in [0.1, 0.15) is 5.56 Å². The number of nitrogens with one attached hydrogen (secondary N) is 1. The number of para-hydroxylation sites is 1. The second kappa shape index (κ2) is 6.49. The summed E-state index contributed by atoms with van der Waals surface area (Å²) >= 11 is 0. The fourth-order valence-corrected chi connectivity index (χ4v) is 1.81. The first kappa shape index (κ1) is 15.2. The zero-order chi connectivity index (χ0) is 16.1. The topological polar surface area (TPSA) is 111 Å². The summed E-state index contributed by atoms with van der Waals surface area (Å²) in [5, 5.41) is 14.9. The third-order valence-corrected chi connectivity index (χ3v) is 3.00. The summed E-state index contributed by atoms with van der Waals surface area (Å²) in [6.45, 7) is 1.71. The van der Waals surface area contributed by atoms with Gasteiger partial charge in [-0.15, -0.1) is 0 Å². The lowest BCUT2D eigenvalue weighted by Gasteiger charge is -2.04. The van der Waals surface area contributed by atoms with Crippen LogP contribution in [-0.2, 0) is 0 Å². The van der Waals surface area contributed by atoms with E-state index in [1.807, 2.05) is 0 Å². The maximum atomic E-state index is 12.0. The molecular formula is C15H14N4O3. The smallest absolute Gasteiger partial charge is 0.282 e. The van der Waals surface area contributed by atoms with Gasteiger partial charge in [-0.25, -0.2) is 5.43 Å². The molecule has 2 aromatic carbocycles. The lowest BCUT2D eigenvalue weighted by atomic mass is 10.1. The number of nitrogen functional groups attached to an aromatic ring is 1. The van der Waals surface area contributed by atoms with E-state index >= 15 is 0 Å². The van der Waals surface area contributed by atoms with Gasteiger partial charge >= 0.3 is 0 Å². The molecule has 0 spiro atoms. The molecule has 0 unspecified atom stereocenters. The quantitative estimate of drug-likeness (QED) is 0.390. The Kier molecular flexibility index (Phi) is 4.47. The first-order valence-corrected chi connectivity index (χ1v) is 6.43. The van der Waals surface area contributed by atoms with Gasteiger partial charge in [0, 0.05) is 11.8 Å². The Bertz CT molecular complexity index is 739. The highest BCUT2D eigenvalue weighted by molar-refractivity contribution is 6.02. The van der Waals surface area contributed by atoms with Crippen LogP contribution in [0, 0.1) is 10.1 Å². The van der Waals surface area contributed by atoms with Crippen molar-refractivity contribution in [2.75, 3.05) is 5.73 Å². The Morgan fingerprint density at radius 2 is 1.82 bits per heavy atom. The van der Waals surface area contributed by atoms with Crippen molar-refractivity contribution in [1.29, 1.82) is 0 Å². The Morgan fingerprint density at radius 1 is 1.18 bits per heavy atom. The number of nitro benzene ring substituents is 1. The molecule has 0 atom stereocenters. The second-order valence-electron chi connectivity index (χ2n) is 4.53. The average Bonchev–Trinajstić information content (AvgIpc) is 2.53. The minimum atomic E-state index is -0.637. The predicted molar refractivity (Wildman–Crippen MR) is 83.6 cm³/mol. The van der Waals surface area contributed by atoms with E-state index in [0.29, 0.717) is 11.4 Å². The average molecular weight is 298 g/mol. The summed E-state index contributed by atoms with van der Waals surface area (Å²) in [5.41, 5.74) is 9.59. The van der Waals surface area contributed by atoms with Gasteiger partial charge in [0.15, 0.2) is 0 Å². The maximum absolute atomic E-state index is 12.0. The predicted octanol–water partition coefficient (Wildman–Crippen LogP) is 2.33. The number of carbonyl (C=O) groups excluding carboxylic acids is 1. The summed E-state index contributed by atoms with van der Waals surface area (Å²) in [4.78, 5) is 22.3. The van der Waals surface area contributed by atoms with E-state index in [1.165, 1.54) is 18.2 Å². The first-order chi connectivity index (χ1) is 10.5. The van der Waals surface area contributed by atoms with Crippen LogP contribution in [0.15, 0.2) is 53.6 Å². The van der Waals surface area contributed by atoms with E-state index in [2.05, 4.69) is 10.5 Å². The number of hydrogen-bond acceptors (Lipinski definition) is 5. The number of anilines is 1. The van der Waals surface area contributed by atoms with Crippen LogP contribution >= 0.6 is 0 Å². The highest BCUT2D eigenvalue weighted by Gasteiger charge is 2.18. The highest BCUT2D eigenvalue weighted by atomic mass is 16.6. The van der Waals surface area contributed by atoms with Gasteiger partial charge in [0.05, 0.1) is 10.6 Å². The molecule has 0 aliphatic heterocycles. The molecule has 112 valence electrons. The van der Waals surface area contributed by atoms with Gasteiger partial charge in [-0.05, 0) is 30.7 Å². The number of nitrogens with zero attached hydrogens (tertiary/aromatic N) is 2. The number of amides is 1. The molecule has 2 aromatic rings. The zero-order valence-electron chi connectivity index (χ0n) is 11.8. The van der Waals surface area contributed by atoms with Crippen molar-refractivity contribution in [3.8, 4) is 0 Å². The van der Waals surface area contributed by atoms with Crippen LogP contribution in [0.2, 0.25) is 0 Å². The molecule has 0 fully saturated rings. The number of nitro groups is 1. The van der Waals surface area contributed by atoms with Crippen LogP contribution in [-0.4, -0.2) is 16.5 Å². The molecule has 1 amide bonds. The van der Waals surface area contributed by atoms with E-state index < -0.39 is 10.8 Å². The van der Waals surface area contributed by atoms with Crippen LogP contribution < -0.4 is 11.2 Å². The minimum Gasteiger partial charge on any atom is -0.399 e. The van der Waals surface area contributed by atoms with E-state index in [-0.39, 0.29) is 11.3 Å². The van der Waals surface area contributed by atoms with E-state index in [9.17, 15) is 14.9 Å². The van der Waals surface area contributed by atoms with Crippen LogP contribution in [0.5, 0.6) is 0 Å². The number of rotatable bonds is 4. The Balaban J connectivity index is 2.17. The van der Waals surface area contributed by atoms with Crippen molar-refractivity contribution in [3.05, 3.63) is 69.8 Å². The van der Waals surface area contributed by atoms with Crippen molar-refractivity contribution >= 4 is 23.0 Å². The van der Waals surface area contributed by atoms with Crippen molar-refractivity contribution in [2.45, 2.75) is 6.92 Å². The van der Waals surface area contributed by atoms with Gasteiger partial charge in [0.2, 0.25) is 0 Å². The SMILES string of the molecule is C/C(=N/NC(=O)c1ccccc1[N+](=O)[O-])c1ccc(N)cc1. The van der Waals surface area contributed by atoms with E-state index in [4.69, 9.17) is 5.73 Å². The monoisotopic (exact) mass is 298 g/mol. The van der Waals surface area contributed by atoms with Crippen molar-refractivity contribution in [2.24, 2.45) is 5.10 Å². The van der Waals surface area contributed by atoms with Gasteiger partial charge in [-0.3, -0.25) is 14.9 Å². The van der Waals surface area contributed by atoms with Crippen molar-refractivity contribution in [1.82, 2.24) is 5.43 Å². The maximum Gasteiger partial charge on any atom is 0.282 e. The molecule has 0 aromatic heterocycles. The van der Waals surface area contributed by atoms with E-state index in [1.54, 1.807) is 37.3 Å². The molecule has 0 radical (unpaired) electrons. The third kappa shape index (κ3) is 3.45. The lowest BCUT2D eigenvalue weighted by Crippen LogP contribution is -2.20. The Morgan fingerprint density at radius 3 is 2.45 bits per heavy atom. The van der Waals surface area contributed by atoms with Gasteiger partial charge < -0.3 is 5.73 Å². The van der Waals surface area contributed by atoms with Gasteiger partial charge in [-0.2, -0.15) is 5.10 Å². The van der Waals surface area contributed by atoms with Crippen molar-refractivity contribution in [3.63, 3.8) is 0 Å². The number of nitrogens with two attached hydrogens (primary N) is 1. The summed E-state index contributed by atoms with van der Waals surface area (Å²) in [7, 11) is 0. The first-order valence-electron chi connectivity index (χ1n) is 6.43. The molecule has 0 saturated carbocycles. The molecule has 0 saturated heterocycles. The molecular weight excluding hydrogens is 284 g/mol. The minimum absolute atomic E-state index is 0.0404. The molecule has 0 heterocycles. The van der Waals surface area contributed by atoms with Gasteiger partial charge in [-0.1, -0.05) is 24.3 Å². The summed E-state index contributed by atoms with van der Waals surface area (Å²) in [6, 6.07) is 12.7. The molecule has 0 aliphatic carbocycles. The Labute approximate surface area is 126 Å². The largest absolute Gasteiger partial charge is 0.399 e. The zero-order valence-corrected chi connectivity index (χ0v) is 11.8. The second-order valence-corrected chi connectivity index (χ2v) is 4.53. The van der Waals surface area contributed by atoms with Crippen LogP contribution in [0.1, 0.15) is 22.8 Å². The summed E-state index contributed by atoms with van der Waals surface area (Å²) in [6.07, 6.45) is 0. The summed E-state index contributed by atoms with van der Waals surface area (Å²) in [5.74, 6) is -0.637. The molecule has 3 N–H and O–H groups in total. The van der Waals surface area contributed by atoms with E-state index in [0.717, 1.165) is 5.56 Å². The number of carbonyl (C=O) groups is 1. The highest BCUT2D eigenvalue weighted by Crippen LogP contribution is 2.17. The summed E-state index contributed by atoms with van der Waals surface area (Å²) < 4.78 is 0. The molecule has 22 heavy (non-hydrogen) atoms. The van der Waals surface area contributed by atoms with Crippen LogP contribution in [0.4, 0.5) is 11.4 Å². The molecule has 7 heteroatoms. The lowest BCUT2D eigenvalue weighted by molar-refractivity contribution is -0.385. The van der Waals surface area contributed by atoms with Crippen LogP contribution in [0.25, 0.3) is 0 Å². The number of hydrogen-bond donors (Lipinski definition) is 2. The molecule has 7 nitrogen and oxygen atoms in total. The third-order valence-electron chi connectivity index (χ3n) is 3.00. The standard InChI is InChI=1S/C15H14N4O3/c1-10(11-6-8-12(16)9-7-11)17-18-15(20)13-4-2-3-5-14(13)19(21)22/h2-9H,16H2,1H3,(H,18,20)/b17-10-. The fraction of sp³-hybridized carbons (Fsp3) is 0.0667. The number of benzene rings is 2.